The molecule has 1 amide bonds. The monoisotopic (exact) mass is 296 g/mol. The third-order valence-corrected chi connectivity index (χ3v) is 3.94. The highest BCUT2D eigenvalue weighted by molar-refractivity contribution is 5.95. The number of benzene rings is 2. The van der Waals surface area contributed by atoms with Crippen molar-refractivity contribution in [2.24, 2.45) is 11.7 Å². The van der Waals surface area contributed by atoms with Crippen LogP contribution in [0.5, 0.6) is 11.5 Å². The van der Waals surface area contributed by atoms with E-state index >= 15 is 0 Å². The summed E-state index contributed by atoms with van der Waals surface area (Å²) in [5, 5.41) is 0. The standard InChI is InChI=1S/C18H20N2O2/c1-13-2-6-16(7-3-13)22-17-8-4-15(5-9-17)20-12-14(11-19)10-18(20)21/h2-9,14H,10-12,19H2,1H3. The number of ether oxygens (including phenoxy) is 1. The van der Waals surface area contributed by atoms with Gasteiger partial charge in [-0.15, -0.1) is 0 Å². The van der Waals surface area contributed by atoms with Gasteiger partial charge in [0.1, 0.15) is 11.5 Å². The number of amides is 1. The first-order valence-corrected chi connectivity index (χ1v) is 7.51. The van der Waals surface area contributed by atoms with Gasteiger partial charge in [0.2, 0.25) is 5.91 Å². The molecule has 3 rings (SSSR count). The summed E-state index contributed by atoms with van der Waals surface area (Å²) in [4.78, 5) is 13.8. The van der Waals surface area contributed by atoms with E-state index < -0.39 is 0 Å². The maximum absolute atomic E-state index is 12.0. The highest BCUT2D eigenvalue weighted by Crippen LogP contribution is 2.28. The van der Waals surface area contributed by atoms with Crippen LogP contribution in [0.4, 0.5) is 5.69 Å². The lowest BCUT2D eigenvalue weighted by atomic mass is 10.1. The highest BCUT2D eigenvalue weighted by Gasteiger charge is 2.29. The van der Waals surface area contributed by atoms with Gasteiger partial charge in [-0.2, -0.15) is 0 Å². The molecule has 0 aromatic heterocycles. The second-order valence-electron chi connectivity index (χ2n) is 5.72. The van der Waals surface area contributed by atoms with E-state index in [1.54, 1.807) is 4.90 Å². The van der Waals surface area contributed by atoms with Gasteiger partial charge in [0.15, 0.2) is 0 Å². The van der Waals surface area contributed by atoms with Crippen LogP contribution in [0.15, 0.2) is 48.5 Å². The summed E-state index contributed by atoms with van der Waals surface area (Å²) in [5.74, 6) is 1.96. The van der Waals surface area contributed by atoms with Gasteiger partial charge in [0, 0.05) is 18.7 Å². The third-order valence-electron chi connectivity index (χ3n) is 3.94. The Hall–Kier alpha value is -2.33. The lowest BCUT2D eigenvalue weighted by Gasteiger charge is -2.17. The van der Waals surface area contributed by atoms with Gasteiger partial charge in [0.25, 0.3) is 0 Å². The van der Waals surface area contributed by atoms with E-state index in [0.717, 1.165) is 17.2 Å². The Morgan fingerprint density at radius 3 is 2.23 bits per heavy atom. The van der Waals surface area contributed by atoms with E-state index in [9.17, 15) is 4.79 Å². The largest absolute Gasteiger partial charge is 0.457 e. The summed E-state index contributed by atoms with van der Waals surface area (Å²) in [6, 6.07) is 15.5. The Morgan fingerprint density at radius 2 is 1.68 bits per heavy atom. The molecule has 2 aromatic rings. The normalized spacial score (nSPS) is 17.8. The van der Waals surface area contributed by atoms with Crippen LogP contribution in [0.3, 0.4) is 0 Å². The molecule has 1 atom stereocenters. The summed E-state index contributed by atoms with van der Waals surface area (Å²) in [6.45, 7) is 3.30. The maximum Gasteiger partial charge on any atom is 0.227 e. The van der Waals surface area contributed by atoms with Crippen LogP contribution >= 0.6 is 0 Å². The number of hydrogen-bond acceptors (Lipinski definition) is 3. The van der Waals surface area contributed by atoms with Gasteiger partial charge in [-0.3, -0.25) is 4.79 Å². The first-order chi connectivity index (χ1) is 10.7. The van der Waals surface area contributed by atoms with Crippen molar-refractivity contribution in [3.63, 3.8) is 0 Å². The molecular formula is C18H20N2O2. The van der Waals surface area contributed by atoms with Crippen LogP contribution in [0, 0.1) is 12.8 Å². The summed E-state index contributed by atoms with van der Waals surface area (Å²) in [7, 11) is 0. The van der Waals surface area contributed by atoms with E-state index in [2.05, 4.69) is 0 Å². The smallest absolute Gasteiger partial charge is 0.227 e. The van der Waals surface area contributed by atoms with E-state index in [0.29, 0.717) is 19.5 Å². The Kier molecular flexibility index (Phi) is 4.11. The first kappa shape index (κ1) is 14.6. The van der Waals surface area contributed by atoms with Crippen molar-refractivity contribution >= 4 is 11.6 Å². The first-order valence-electron chi connectivity index (χ1n) is 7.51. The third kappa shape index (κ3) is 3.12. The molecule has 4 nitrogen and oxygen atoms in total. The van der Waals surface area contributed by atoms with Gasteiger partial charge in [-0.05, 0) is 55.8 Å². The molecule has 22 heavy (non-hydrogen) atoms. The van der Waals surface area contributed by atoms with Crippen LogP contribution in [0.2, 0.25) is 0 Å². The zero-order valence-electron chi connectivity index (χ0n) is 12.7. The van der Waals surface area contributed by atoms with Crippen LogP contribution in [0.25, 0.3) is 0 Å². The SMILES string of the molecule is Cc1ccc(Oc2ccc(N3CC(CN)CC3=O)cc2)cc1. The van der Waals surface area contributed by atoms with Crippen molar-refractivity contribution in [1.29, 1.82) is 0 Å². The van der Waals surface area contributed by atoms with Crippen LogP contribution in [0.1, 0.15) is 12.0 Å². The molecule has 0 bridgehead atoms. The number of hydrogen-bond donors (Lipinski definition) is 1. The summed E-state index contributed by atoms with van der Waals surface area (Å²) < 4.78 is 5.80. The van der Waals surface area contributed by atoms with Gasteiger partial charge < -0.3 is 15.4 Å². The second kappa shape index (κ2) is 6.20. The Labute approximate surface area is 130 Å². The minimum atomic E-state index is 0.141. The molecule has 0 radical (unpaired) electrons. The number of nitrogens with zero attached hydrogens (tertiary/aromatic N) is 1. The summed E-state index contributed by atoms with van der Waals surface area (Å²) in [5.41, 5.74) is 7.76. The number of carbonyl (C=O) groups excluding carboxylic acids is 1. The average molecular weight is 296 g/mol. The summed E-state index contributed by atoms with van der Waals surface area (Å²) in [6.07, 6.45) is 0.540. The topological polar surface area (TPSA) is 55.6 Å². The second-order valence-corrected chi connectivity index (χ2v) is 5.72. The van der Waals surface area contributed by atoms with E-state index in [1.165, 1.54) is 5.56 Å². The lowest BCUT2D eigenvalue weighted by Crippen LogP contribution is -2.25. The molecule has 1 heterocycles. The van der Waals surface area contributed by atoms with Gasteiger partial charge in [-0.25, -0.2) is 0 Å². The molecule has 1 aliphatic heterocycles. The van der Waals surface area contributed by atoms with Crippen molar-refractivity contribution in [1.82, 2.24) is 0 Å². The highest BCUT2D eigenvalue weighted by atomic mass is 16.5. The number of anilines is 1. The number of aryl methyl sites for hydroxylation is 1. The lowest BCUT2D eigenvalue weighted by molar-refractivity contribution is -0.117. The zero-order chi connectivity index (χ0) is 15.5. The predicted octanol–water partition coefficient (Wildman–Crippen LogP) is 3.10. The molecule has 1 aliphatic rings. The van der Waals surface area contributed by atoms with Crippen LogP contribution < -0.4 is 15.4 Å². The van der Waals surface area contributed by atoms with Crippen molar-refractivity contribution in [2.45, 2.75) is 13.3 Å². The van der Waals surface area contributed by atoms with Crippen molar-refractivity contribution in [3.05, 3.63) is 54.1 Å². The Bertz CT molecular complexity index is 650. The molecule has 1 fully saturated rings. The van der Waals surface area contributed by atoms with Crippen molar-refractivity contribution in [2.75, 3.05) is 18.0 Å². The fourth-order valence-electron chi connectivity index (χ4n) is 2.63. The molecule has 0 spiro atoms. The number of rotatable bonds is 4. The Morgan fingerprint density at radius 1 is 1.09 bits per heavy atom. The Balaban J connectivity index is 1.70. The van der Waals surface area contributed by atoms with Crippen LogP contribution in [-0.4, -0.2) is 19.0 Å². The van der Waals surface area contributed by atoms with Crippen molar-refractivity contribution in [3.8, 4) is 11.5 Å². The number of carbonyl (C=O) groups is 1. The molecule has 0 saturated carbocycles. The van der Waals surface area contributed by atoms with Gasteiger partial charge >= 0.3 is 0 Å². The fourth-order valence-corrected chi connectivity index (χ4v) is 2.63. The van der Waals surface area contributed by atoms with E-state index in [1.807, 2.05) is 55.5 Å². The van der Waals surface area contributed by atoms with Crippen molar-refractivity contribution < 1.29 is 9.53 Å². The van der Waals surface area contributed by atoms with E-state index in [4.69, 9.17) is 10.5 Å². The molecule has 114 valence electrons. The number of nitrogens with two attached hydrogens (primary N) is 1. The molecule has 2 aromatic carbocycles. The zero-order valence-corrected chi connectivity index (χ0v) is 12.7. The molecule has 4 heteroatoms. The maximum atomic E-state index is 12.0. The molecule has 2 N–H and O–H groups in total. The van der Waals surface area contributed by atoms with Gasteiger partial charge in [-0.1, -0.05) is 17.7 Å². The minimum absolute atomic E-state index is 0.141. The predicted molar refractivity (Wildman–Crippen MR) is 87.2 cm³/mol. The fraction of sp³-hybridized carbons (Fsp3) is 0.278. The van der Waals surface area contributed by atoms with E-state index in [-0.39, 0.29) is 11.8 Å². The molecule has 1 unspecified atom stereocenters. The molecule has 1 saturated heterocycles. The molecular weight excluding hydrogens is 276 g/mol. The van der Waals surface area contributed by atoms with Gasteiger partial charge in [0.05, 0.1) is 0 Å². The minimum Gasteiger partial charge on any atom is -0.457 e. The average Bonchev–Trinajstić information content (AvgIpc) is 2.91. The quantitative estimate of drug-likeness (QED) is 0.943. The van der Waals surface area contributed by atoms with Crippen LogP contribution in [-0.2, 0) is 4.79 Å². The molecule has 0 aliphatic carbocycles. The summed E-state index contributed by atoms with van der Waals surface area (Å²) >= 11 is 0.